The van der Waals surface area contributed by atoms with Crippen LogP contribution in [0, 0.1) is 6.92 Å². The highest BCUT2D eigenvalue weighted by Crippen LogP contribution is 2.42. The first kappa shape index (κ1) is 24.9. The minimum absolute atomic E-state index is 0.216. The van der Waals surface area contributed by atoms with Gasteiger partial charge in [0.1, 0.15) is 5.82 Å². The van der Waals surface area contributed by atoms with Crippen LogP contribution in [0.4, 0.5) is 28.0 Å². The van der Waals surface area contributed by atoms with Gasteiger partial charge in [-0.2, -0.15) is 8.42 Å². The molecule has 2 aromatic heterocycles. The molecule has 0 aliphatic heterocycles. The first-order valence-electron chi connectivity index (χ1n) is 11.0. The van der Waals surface area contributed by atoms with E-state index < -0.39 is 16.1 Å². The molecule has 186 valence electrons. The Labute approximate surface area is 207 Å². The molecule has 13 heteroatoms. The van der Waals surface area contributed by atoms with E-state index in [1.807, 2.05) is 19.1 Å². The van der Waals surface area contributed by atoms with Gasteiger partial charge in [0.15, 0.2) is 5.13 Å². The minimum atomic E-state index is -3.77. The van der Waals surface area contributed by atoms with Crippen molar-refractivity contribution < 1.29 is 18.0 Å². The van der Waals surface area contributed by atoms with Gasteiger partial charge in [-0.1, -0.05) is 6.07 Å². The standard InChI is InChI=1S/C22H27N7O4S2/c1-4-33-28-21(30)16-12-24-20(27-22-25-11-13(2)34-22)10-18(16)26-17-8-7-15(14-5-6-14)9-19(17)29-35(31,32)23-3/h7-12,14,23,29H,4-6H2,1-3H3,(H,28,30)(H2,24,25,26,27). The van der Waals surface area contributed by atoms with Crippen molar-refractivity contribution >= 4 is 55.5 Å². The molecule has 3 aromatic rings. The minimum Gasteiger partial charge on any atom is -0.353 e. The number of hydroxylamine groups is 1. The largest absolute Gasteiger partial charge is 0.353 e. The Morgan fingerprint density at radius 1 is 1.11 bits per heavy atom. The smallest absolute Gasteiger partial charge is 0.298 e. The van der Waals surface area contributed by atoms with Crippen LogP contribution in [0.25, 0.3) is 0 Å². The number of rotatable bonds is 11. The average Bonchev–Trinajstić information content (AvgIpc) is 3.60. The van der Waals surface area contributed by atoms with Crippen molar-refractivity contribution in [1.82, 2.24) is 20.2 Å². The van der Waals surface area contributed by atoms with E-state index in [1.165, 1.54) is 24.6 Å². The summed E-state index contributed by atoms with van der Waals surface area (Å²) in [6.07, 6.45) is 5.30. The number of nitrogens with zero attached hydrogens (tertiary/aromatic N) is 2. The third kappa shape index (κ3) is 6.45. The lowest BCUT2D eigenvalue weighted by atomic mass is 10.1. The van der Waals surface area contributed by atoms with Crippen molar-refractivity contribution in [3.8, 4) is 0 Å². The Bertz CT molecular complexity index is 1320. The van der Waals surface area contributed by atoms with Gasteiger partial charge < -0.3 is 10.6 Å². The number of carbonyl (C=O) groups excluding carboxylic acids is 1. The molecule has 35 heavy (non-hydrogen) atoms. The fourth-order valence-corrected chi connectivity index (χ4v) is 4.52. The molecular weight excluding hydrogens is 490 g/mol. The molecule has 1 aliphatic rings. The van der Waals surface area contributed by atoms with Crippen molar-refractivity contribution in [2.24, 2.45) is 0 Å². The number of thiazole rings is 1. The van der Waals surface area contributed by atoms with Crippen LogP contribution in [-0.4, -0.2) is 37.9 Å². The van der Waals surface area contributed by atoms with Crippen LogP contribution in [0.2, 0.25) is 0 Å². The Morgan fingerprint density at radius 2 is 1.91 bits per heavy atom. The number of nitrogens with one attached hydrogen (secondary N) is 5. The summed E-state index contributed by atoms with van der Waals surface area (Å²) in [5.74, 6) is 0.389. The number of pyridine rings is 1. The zero-order valence-electron chi connectivity index (χ0n) is 19.5. The molecule has 5 N–H and O–H groups in total. The SMILES string of the molecule is CCONC(=O)c1cnc(Nc2ncc(C)s2)cc1Nc1ccc(C2CC2)cc1NS(=O)(=O)NC. The van der Waals surface area contributed by atoms with Crippen molar-refractivity contribution in [3.05, 3.63) is 52.7 Å². The predicted octanol–water partition coefficient (Wildman–Crippen LogP) is 3.77. The number of hydrogen-bond acceptors (Lipinski definition) is 9. The molecule has 1 aliphatic carbocycles. The molecule has 1 fully saturated rings. The molecular formula is C22H27N7O4S2. The molecule has 4 rings (SSSR count). The molecule has 11 nitrogen and oxygen atoms in total. The molecule has 0 atom stereocenters. The summed E-state index contributed by atoms with van der Waals surface area (Å²) in [5.41, 5.74) is 4.87. The van der Waals surface area contributed by atoms with Gasteiger partial charge in [-0.3, -0.25) is 14.4 Å². The number of hydrogen-bond donors (Lipinski definition) is 5. The molecule has 0 radical (unpaired) electrons. The third-order valence-corrected chi connectivity index (χ3v) is 7.04. The Hall–Kier alpha value is -3.26. The van der Waals surface area contributed by atoms with E-state index in [4.69, 9.17) is 4.84 Å². The van der Waals surface area contributed by atoms with Gasteiger partial charge in [0.25, 0.3) is 16.1 Å². The summed E-state index contributed by atoms with van der Waals surface area (Å²) in [4.78, 5) is 27.4. The van der Waals surface area contributed by atoms with E-state index in [9.17, 15) is 13.2 Å². The van der Waals surface area contributed by atoms with Gasteiger partial charge in [-0.15, -0.1) is 11.3 Å². The lowest BCUT2D eigenvalue weighted by Crippen LogP contribution is -2.27. The molecule has 2 heterocycles. The molecule has 0 bridgehead atoms. The van der Waals surface area contributed by atoms with Crippen LogP contribution in [0.3, 0.4) is 0 Å². The van der Waals surface area contributed by atoms with E-state index >= 15 is 0 Å². The van der Waals surface area contributed by atoms with E-state index in [0.29, 0.717) is 40.5 Å². The quantitative estimate of drug-likeness (QED) is 0.242. The van der Waals surface area contributed by atoms with E-state index in [1.54, 1.807) is 25.3 Å². The first-order chi connectivity index (χ1) is 16.8. The number of aryl methyl sites for hydroxylation is 1. The molecule has 0 unspecified atom stereocenters. The normalized spacial score (nSPS) is 13.3. The maximum atomic E-state index is 12.7. The van der Waals surface area contributed by atoms with Gasteiger partial charge in [0.05, 0.1) is 29.2 Å². The Morgan fingerprint density at radius 3 is 2.57 bits per heavy atom. The highest BCUT2D eigenvalue weighted by molar-refractivity contribution is 7.90. The van der Waals surface area contributed by atoms with Crippen molar-refractivity contribution in [2.75, 3.05) is 29.0 Å². The maximum Gasteiger partial charge on any atom is 0.298 e. The zero-order valence-corrected chi connectivity index (χ0v) is 21.1. The first-order valence-corrected chi connectivity index (χ1v) is 13.3. The number of aromatic nitrogens is 2. The van der Waals surface area contributed by atoms with Crippen LogP contribution in [0.1, 0.15) is 46.5 Å². The lowest BCUT2D eigenvalue weighted by molar-refractivity contribution is 0.0365. The number of benzene rings is 1. The van der Waals surface area contributed by atoms with Crippen LogP contribution < -0.4 is 25.6 Å². The van der Waals surface area contributed by atoms with E-state index in [-0.39, 0.29) is 5.56 Å². The van der Waals surface area contributed by atoms with E-state index in [0.717, 1.165) is 23.3 Å². The Balaban J connectivity index is 1.70. The van der Waals surface area contributed by atoms with Crippen LogP contribution >= 0.6 is 11.3 Å². The predicted molar refractivity (Wildman–Crippen MR) is 137 cm³/mol. The van der Waals surface area contributed by atoms with Crippen LogP contribution in [0.5, 0.6) is 0 Å². The Kier molecular flexibility index (Phi) is 7.50. The summed E-state index contributed by atoms with van der Waals surface area (Å²) < 4.78 is 29.3. The van der Waals surface area contributed by atoms with Crippen LogP contribution in [-0.2, 0) is 15.0 Å². The molecule has 1 amide bonds. The molecule has 1 aromatic carbocycles. The van der Waals surface area contributed by atoms with Crippen molar-refractivity contribution in [2.45, 2.75) is 32.6 Å². The highest BCUT2D eigenvalue weighted by atomic mass is 32.2. The van der Waals surface area contributed by atoms with Gasteiger partial charge >= 0.3 is 0 Å². The fourth-order valence-electron chi connectivity index (χ4n) is 3.29. The van der Waals surface area contributed by atoms with Gasteiger partial charge in [-0.05, 0) is 50.3 Å². The highest BCUT2D eigenvalue weighted by Gasteiger charge is 2.25. The van der Waals surface area contributed by atoms with Gasteiger partial charge in [0.2, 0.25) is 0 Å². The summed E-state index contributed by atoms with van der Waals surface area (Å²) in [6, 6.07) is 7.22. The monoisotopic (exact) mass is 517 g/mol. The summed E-state index contributed by atoms with van der Waals surface area (Å²) in [5, 5.41) is 6.98. The second-order valence-electron chi connectivity index (χ2n) is 7.89. The van der Waals surface area contributed by atoms with E-state index in [2.05, 4.69) is 35.5 Å². The second kappa shape index (κ2) is 10.6. The van der Waals surface area contributed by atoms with Crippen molar-refractivity contribution in [3.63, 3.8) is 0 Å². The third-order valence-electron chi connectivity index (χ3n) is 5.19. The second-order valence-corrected chi connectivity index (χ2v) is 10.7. The van der Waals surface area contributed by atoms with Crippen molar-refractivity contribution in [1.29, 1.82) is 0 Å². The molecule has 0 saturated heterocycles. The van der Waals surface area contributed by atoms with Crippen LogP contribution in [0.15, 0.2) is 36.7 Å². The summed E-state index contributed by atoms with van der Waals surface area (Å²) in [7, 11) is -2.43. The van der Waals surface area contributed by atoms with Gasteiger partial charge in [0, 0.05) is 30.4 Å². The molecule has 0 spiro atoms. The zero-order chi connectivity index (χ0) is 25.0. The summed E-state index contributed by atoms with van der Waals surface area (Å²) >= 11 is 1.47. The fraction of sp³-hybridized carbons (Fsp3) is 0.318. The van der Waals surface area contributed by atoms with Gasteiger partial charge in [-0.25, -0.2) is 20.2 Å². The lowest BCUT2D eigenvalue weighted by Gasteiger charge is -2.18. The maximum absolute atomic E-state index is 12.7. The number of amides is 1. The molecule has 1 saturated carbocycles. The number of anilines is 5. The average molecular weight is 518 g/mol. The summed E-state index contributed by atoms with van der Waals surface area (Å²) in [6.45, 7) is 4.00. The number of carbonyl (C=O) groups is 1. The topological polar surface area (TPSA) is 146 Å².